The Morgan fingerprint density at radius 1 is 1.29 bits per heavy atom. The molecule has 0 atom stereocenters. The summed E-state index contributed by atoms with van der Waals surface area (Å²) in [7, 11) is 2.10. The van der Waals surface area contributed by atoms with E-state index < -0.39 is 0 Å². The van der Waals surface area contributed by atoms with Crippen molar-refractivity contribution in [2.75, 3.05) is 11.9 Å². The molecule has 88 valence electrons. The van der Waals surface area contributed by atoms with Gasteiger partial charge in [-0.15, -0.1) is 10.2 Å². The Morgan fingerprint density at radius 2 is 2.18 bits per heavy atom. The molecule has 0 amide bonds. The van der Waals surface area contributed by atoms with E-state index in [2.05, 4.69) is 27.1 Å². The minimum absolute atomic E-state index is 0.652. The summed E-state index contributed by atoms with van der Waals surface area (Å²) in [5.41, 5.74) is 0.901. The highest BCUT2D eigenvalue weighted by atomic mass is 32.1. The van der Waals surface area contributed by atoms with Gasteiger partial charge < -0.3 is 4.90 Å². The minimum Gasteiger partial charge on any atom is -0.347 e. The van der Waals surface area contributed by atoms with Crippen molar-refractivity contribution in [1.29, 1.82) is 0 Å². The molecule has 3 rings (SSSR count). The van der Waals surface area contributed by atoms with Crippen molar-refractivity contribution in [3.8, 4) is 10.7 Å². The Kier molecular flexibility index (Phi) is 2.76. The summed E-state index contributed by atoms with van der Waals surface area (Å²) in [4.78, 5) is 6.53. The summed E-state index contributed by atoms with van der Waals surface area (Å²) in [5, 5.41) is 10.4. The van der Waals surface area contributed by atoms with Gasteiger partial charge >= 0.3 is 0 Å². The SMILES string of the molecule is CN(c1nnc(-c2ccccn2)s1)C1CCC1. The molecule has 1 aliphatic carbocycles. The van der Waals surface area contributed by atoms with Crippen molar-refractivity contribution in [2.45, 2.75) is 25.3 Å². The topological polar surface area (TPSA) is 41.9 Å². The normalized spacial score (nSPS) is 15.6. The maximum absolute atomic E-state index is 4.29. The first kappa shape index (κ1) is 10.7. The van der Waals surface area contributed by atoms with Crippen molar-refractivity contribution in [2.24, 2.45) is 0 Å². The second-order valence-corrected chi connectivity index (χ2v) is 5.26. The molecule has 17 heavy (non-hydrogen) atoms. The van der Waals surface area contributed by atoms with Crippen LogP contribution in [0.5, 0.6) is 0 Å². The third-order valence-electron chi connectivity index (χ3n) is 3.22. The third-order valence-corrected chi connectivity index (χ3v) is 4.26. The van der Waals surface area contributed by atoms with E-state index in [9.17, 15) is 0 Å². The first-order valence-electron chi connectivity index (χ1n) is 5.82. The maximum atomic E-state index is 4.29. The van der Waals surface area contributed by atoms with Gasteiger partial charge in [-0.2, -0.15) is 0 Å². The molecule has 0 saturated heterocycles. The van der Waals surface area contributed by atoms with Crippen molar-refractivity contribution in [1.82, 2.24) is 15.2 Å². The first-order valence-corrected chi connectivity index (χ1v) is 6.64. The lowest BCUT2D eigenvalue weighted by Crippen LogP contribution is -2.36. The molecule has 4 nitrogen and oxygen atoms in total. The zero-order chi connectivity index (χ0) is 11.7. The summed E-state index contributed by atoms with van der Waals surface area (Å²) in [6, 6.07) is 6.50. The van der Waals surface area contributed by atoms with Crippen LogP contribution in [0.25, 0.3) is 10.7 Å². The summed E-state index contributed by atoms with van der Waals surface area (Å²) in [6.45, 7) is 0. The smallest absolute Gasteiger partial charge is 0.208 e. The Balaban J connectivity index is 1.82. The molecular weight excluding hydrogens is 232 g/mol. The molecule has 2 aromatic heterocycles. The van der Waals surface area contributed by atoms with E-state index in [1.54, 1.807) is 17.5 Å². The van der Waals surface area contributed by atoms with Crippen LogP contribution in [0.3, 0.4) is 0 Å². The largest absolute Gasteiger partial charge is 0.347 e. The standard InChI is InChI=1S/C12H14N4S/c1-16(9-5-4-6-9)12-15-14-11(17-12)10-7-2-3-8-13-10/h2-3,7-9H,4-6H2,1H3. The second-order valence-electron chi connectivity index (χ2n) is 4.30. The van der Waals surface area contributed by atoms with Gasteiger partial charge in [0.05, 0.1) is 0 Å². The van der Waals surface area contributed by atoms with Crippen LogP contribution in [-0.2, 0) is 0 Å². The van der Waals surface area contributed by atoms with E-state index >= 15 is 0 Å². The molecule has 0 bridgehead atoms. The monoisotopic (exact) mass is 246 g/mol. The van der Waals surface area contributed by atoms with Gasteiger partial charge in [0, 0.05) is 19.3 Å². The van der Waals surface area contributed by atoms with Crippen LogP contribution in [0.4, 0.5) is 5.13 Å². The third kappa shape index (κ3) is 2.02. The number of anilines is 1. The van der Waals surface area contributed by atoms with Crippen molar-refractivity contribution >= 4 is 16.5 Å². The molecule has 2 heterocycles. The lowest BCUT2D eigenvalue weighted by atomic mass is 9.92. The average Bonchev–Trinajstić information content (AvgIpc) is 2.77. The molecule has 0 unspecified atom stereocenters. The van der Waals surface area contributed by atoms with Crippen LogP contribution < -0.4 is 4.90 Å². The molecule has 0 radical (unpaired) electrons. The highest BCUT2D eigenvalue weighted by molar-refractivity contribution is 7.18. The van der Waals surface area contributed by atoms with E-state index in [0.29, 0.717) is 6.04 Å². The fraction of sp³-hybridized carbons (Fsp3) is 0.417. The fourth-order valence-electron chi connectivity index (χ4n) is 1.88. The van der Waals surface area contributed by atoms with Gasteiger partial charge in [0.2, 0.25) is 5.13 Å². The van der Waals surface area contributed by atoms with Crippen LogP contribution in [0, 0.1) is 0 Å². The van der Waals surface area contributed by atoms with Crippen LogP contribution in [0.15, 0.2) is 24.4 Å². The molecule has 0 N–H and O–H groups in total. The summed E-state index contributed by atoms with van der Waals surface area (Å²) in [6.07, 6.45) is 5.66. The second kappa shape index (κ2) is 4.41. The Bertz CT molecular complexity index is 492. The predicted molar refractivity (Wildman–Crippen MR) is 69.2 cm³/mol. The van der Waals surface area contributed by atoms with E-state index in [1.807, 2.05) is 18.2 Å². The molecule has 1 saturated carbocycles. The minimum atomic E-state index is 0.652. The highest BCUT2D eigenvalue weighted by Crippen LogP contribution is 2.32. The number of rotatable bonds is 3. The van der Waals surface area contributed by atoms with Crippen LogP contribution >= 0.6 is 11.3 Å². The summed E-state index contributed by atoms with van der Waals surface area (Å²) >= 11 is 1.61. The van der Waals surface area contributed by atoms with Gasteiger partial charge in [0.15, 0.2) is 5.01 Å². The van der Waals surface area contributed by atoms with Gasteiger partial charge in [-0.1, -0.05) is 17.4 Å². The van der Waals surface area contributed by atoms with Gasteiger partial charge in [0.1, 0.15) is 5.69 Å². The van der Waals surface area contributed by atoms with E-state index in [1.165, 1.54) is 19.3 Å². The molecule has 1 fully saturated rings. The van der Waals surface area contributed by atoms with Gasteiger partial charge in [-0.3, -0.25) is 4.98 Å². The molecule has 5 heteroatoms. The Hall–Kier alpha value is -1.49. The number of pyridine rings is 1. The fourth-order valence-corrected chi connectivity index (χ4v) is 2.74. The number of hydrogen-bond acceptors (Lipinski definition) is 5. The Morgan fingerprint density at radius 3 is 2.82 bits per heavy atom. The number of aromatic nitrogens is 3. The Labute approximate surface area is 104 Å². The van der Waals surface area contributed by atoms with E-state index in [-0.39, 0.29) is 0 Å². The molecule has 0 aromatic carbocycles. The molecular formula is C12H14N4S. The first-order chi connectivity index (χ1) is 8.34. The van der Waals surface area contributed by atoms with Gasteiger partial charge in [-0.05, 0) is 31.4 Å². The van der Waals surface area contributed by atoms with Gasteiger partial charge in [-0.25, -0.2) is 0 Å². The zero-order valence-electron chi connectivity index (χ0n) is 9.71. The van der Waals surface area contributed by atoms with E-state index in [4.69, 9.17) is 0 Å². The molecule has 2 aromatic rings. The maximum Gasteiger partial charge on any atom is 0.208 e. The summed E-state index contributed by atoms with van der Waals surface area (Å²) < 4.78 is 0. The molecule has 0 spiro atoms. The van der Waals surface area contributed by atoms with Crippen LogP contribution in [0.2, 0.25) is 0 Å². The lowest BCUT2D eigenvalue weighted by Gasteiger charge is -2.34. The van der Waals surface area contributed by atoms with Crippen molar-refractivity contribution in [3.63, 3.8) is 0 Å². The number of hydrogen-bond donors (Lipinski definition) is 0. The van der Waals surface area contributed by atoms with Crippen molar-refractivity contribution < 1.29 is 0 Å². The van der Waals surface area contributed by atoms with Crippen molar-refractivity contribution in [3.05, 3.63) is 24.4 Å². The lowest BCUT2D eigenvalue weighted by molar-refractivity contribution is 0.400. The highest BCUT2D eigenvalue weighted by Gasteiger charge is 2.24. The quantitative estimate of drug-likeness (QED) is 0.834. The van der Waals surface area contributed by atoms with Crippen LogP contribution in [-0.4, -0.2) is 28.3 Å². The molecule has 0 aliphatic heterocycles. The van der Waals surface area contributed by atoms with E-state index in [0.717, 1.165) is 15.8 Å². The predicted octanol–water partition coefficient (Wildman–Crippen LogP) is 2.59. The van der Waals surface area contributed by atoms with Gasteiger partial charge in [0.25, 0.3) is 0 Å². The molecule has 1 aliphatic rings. The average molecular weight is 246 g/mol. The van der Waals surface area contributed by atoms with Crippen LogP contribution in [0.1, 0.15) is 19.3 Å². The zero-order valence-corrected chi connectivity index (χ0v) is 10.5. The summed E-state index contributed by atoms with van der Waals surface area (Å²) in [5.74, 6) is 0. The number of nitrogens with zero attached hydrogens (tertiary/aromatic N) is 4.